The van der Waals surface area contributed by atoms with Crippen molar-refractivity contribution < 1.29 is 9.53 Å². The Kier molecular flexibility index (Phi) is 6.07. The van der Waals surface area contributed by atoms with Gasteiger partial charge < -0.3 is 15.0 Å². The maximum Gasteiger partial charge on any atom is 0.227 e. The molecule has 0 aliphatic carbocycles. The van der Waals surface area contributed by atoms with E-state index in [9.17, 15) is 4.79 Å². The van der Waals surface area contributed by atoms with Crippen molar-refractivity contribution in [3.63, 3.8) is 0 Å². The van der Waals surface area contributed by atoms with Crippen molar-refractivity contribution >= 4 is 29.9 Å². The zero-order valence-corrected chi connectivity index (χ0v) is 16.0. The second kappa shape index (κ2) is 8.30. The maximum atomic E-state index is 13.0. The van der Waals surface area contributed by atoms with Crippen LogP contribution in [0.25, 0.3) is 0 Å². The van der Waals surface area contributed by atoms with E-state index in [1.807, 2.05) is 41.3 Å². The lowest BCUT2D eigenvalue weighted by Gasteiger charge is -2.36. The van der Waals surface area contributed by atoms with Gasteiger partial charge in [0.25, 0.3) is 0 Å². The van der Waals surface area contributed by atoms with Crippen LogP contribution in [0.1, 0.15) is 22.7 Å². The van der Waals surface area contributed by atoms with Gasteiger partial charge in [0.05, 0.1) is 19.1 Å². The Hall–Kier alpha value is -1.75. The SMILES string of the molecule is Cl.O=C(Cc1ccc2c(c1)CCO2)N1CCNCC1c1cccc(Cl)c1. The number of ether oxygens (including phenoxy) is 1. The Bertz CT molecular complexity index is 797. The van der Waals surface area contributed by atoms with Gasteiger partial charge in [0.15, 0.2) is 0 Å². The van der Waals surface area contributed by atoms with Gasteiger partial charge >= 0.3 is 0 Å². The van der Waals surface area contributed by atoms with Crippen molar-refractivity contribution in [2.75, 3.05) is 26.2 Å². The number of carbonyl (C=O) groups excluding carboxylic acids is 1. The lowest BCUT2D eigenvalue weighted by molar-refractivity contribution is -0.133. The highest BCUT2D eigenvalue weighted by atomic mass is 35.5. The molecule has 4 rings (SSSR count). The van der Waals surface area contributed by atoms with Crippen LogP contribution in [0, 0.1) is 0 Å². The molecule has 1 N–H and O–H groups in total. The predicted molar refractivity (Wildman–Crippen MR) is 105 cm³/mol. The number of fused-ring (bicyclic) bond motifs is 1. The zero-order valence-electron chi connectivity index (χ0n) is 14.4. The van der Waals surface area contributed by atoms with Crippen LogP contribution >= 0.6 is 24.0 Å². The van der Waals surface area contributed by atoms with Crippen molar-refractivity contribution in [1.29, 1.82) is 0 Å². The van der Waals surface area contributed by atoms with Crippen molar-refractivity contribution in [1.82, 2.24) is 10.2 Å². The third-order valence-electron chi connectivity index (χ3n) is 4.91. The minimum Gasteiger partial charge on any atom is -0.493 e. The minimum absolute atomic E-state index is 0. The van der Waals surface area contributed by atoms with E-state index in [-0.39, 0.29) is 24.4 Å². The molecule has 4 nitrogen and oxygen atoms in total. The first kappa shape index (κ1) is 19.0. The number of benzene rings is 2. The van der Waals surface area contributed by atoms with Gasteiger partial charge in [-0.2, -0.15) is 0 Å². The molecule has 1 amide bonds. The highest BCUT2D eigenvalue weighted by molar-refractivity contribution is 6.30. The molecule has 1 atom stereocenters. The van der Waals surface area contributed by atoms with Crippen LogP contribution in [0.5, 0.6) is 5.75 Å². The van der Waals surface area contributed by atoms with E-state index in [0.29, 0.717) is 18.0 Å². The predicted octanol–water partition coefficient (Wildman–Crippen LogP) is 3.41. The maximum absolute atomic E-state index is 13.0. The summed E-state index contributed by atoms with van der Waals surface area (Å²) in [6, 6.07) is 13.9. The second-order valence-electron chi connectivity index (χ2n) is 6.58. The molecule has 2 aromatic carbocycles. The molecule has 2 aliphatic heterocycles. The number of nitrogens with zero attached hydrogens (tertiary/aromatic N) is 1. The average molecular weight is 393 g/mol. The molecule has 6 heteroatoms. The summed E-state index contributed by atoms with van der Waals surface area (Å²) < 4.78 is 5.54. The van der Waals surface area contributed by atoms with Gasteiger partial charge in [0.2, 0.25) is 5.91 Å². The first-order valence-corrected chi connectivity index (χ1v) is 9.09. The lowest BCUT2D eigenvalue weighted by atomic mass is 10.0. The van der Waals surface area contributed by atoms with Crippen LogP contribution in [-0.2, 0) is 17.6 Å². The Morgan fingerprint density at radius 1 is 1.27 bits per heavy atom. The van der Waals surface area contributed by atoms with Gasteiger partial charge in [-0.05, 0) is 34.9 Å². The van der Waals surface area contributed by atoms with E-state index in [4.69, 9.17) is 16.3 Å². The summed E-state index contributed by atoms with van der Waals surface area (Å²) >= 11 is 6.14. The summed E-state index contributed by atoms with van der Waals surface area (Å²) in [7, 11) is 0. The van der Waals surface area contributed by atoms with Crippen molar-refractivity contribution in [3.05, 3.63) is 64.2 Å². The van der Waals surface area contributed by atoms with Gasteiger partial charge in [0.1, 0.15) is 5.75 Å². The molecular formula is C20H22Cl2N2O2. The third kappa shape index (κ3) is 3.98. The van der Waals surface area contributed by atoms with E-state index in [0.717, 1.165) is 43.0 Å². The molecule has 0 radical (unpaired) electrons. The van der Waals surface area contributed by atoms with Gasteiger partial charge in [-0.25, -0.2) is 0 Å². The van der Waals surface area contributed by atoms with Crippen LogP contribution in [0.15, 0.2) is 42.5 Å². The van der Waals surface area contributed by atoms with Crippen LogP contribution in [0.2, 0.25) is 5.02 Å². The molecule has 2 aliphatic rings. The molecule has 138 valence electrons. The first-order chi connectivity index (χ1) is 12.2. The fourth-order valence-corrected chi connectivity index (χ4v) is 3.84. The lowest BCUT2D eigenvalue weighted by Crippen LogP contribution is -2.49. The Balaban J connectivity index is 0.00000196. The highest BCUT2D eigenvalue weighted by Crippen LogP contribution is 2.28. The number of nitrogens with one attached hydrogen (secondary N) is 1. The van der Waals surface area contributed by atoms with Crippen molar-refractivity contribution in [2.24, 2.45) is 0 Å². The van der Waals surface area contributed by atoms with Crippen molar-refractivity contribution in [3.8, 4) is 5.75 Å². The number of rotatable bonds is 3. The molecule has 1 saturated heterocycles. The van der Waals surface area contributed by atoms with Crippen LogP contribution in [0.4, 0.5) is 0 Å². The summed E-state index contributed by atoms with van der Waals surface area (Å²) in [5, 5.41) is 4.08. The Morgan fingerprint density at radius 2 is 2.15 bits per heavy atom. The van der Waals surface area contributed by atoms with E-state index in [1.54, 1.807) is 0 Å². The Morgan fingerprint density at radius 3 is 3.00 bits per heavy atom. The van der Waals surface area contributed by atoms with Crippen LogP contribution in [0.3, 0.4) is 0 Å². The number of halogens is 2. The van der Waals surface area contributed by atoms with Gasteiger partial charge in [-0.3, -0.25) is 4.79 Å². The largest absolute Gasteiger partial charge is 0.493 e. The summed E-state index contributed by atoms with van der Waals surface area (Å²) in [4.78, 5) is 14.9. The number of carbonyl (C=O) groups is 1. The third-order valence-corrected chi connectivity index (χ3v) is 5.14. The van der Waals surface area contributed by atoms with Crippen LogP contribution < -0.4 is 10.1 Å². The molecule has 0 spiro atoms. The fourth-order valence-electron chi connectivity index (χ4n) is 3.64. The Labute approximate surface area is 164 Å². The molecular weight excluding hydrogens is 371 g/mol. The smallest absolute Gasteiger partial charge is 0.227 e. The monoisotopic (exact) mass is 392 g/mol. The fraction of sp³-hybridized carbons (Fsp3) is 0.350. The molecule has 2 aromatic rings. The number of hydrogen-bond acceptors (Lipinski definition) is 3. The normalized spacial score (nSPS) is 18.7. The van der Waals surface area contributed by atoms with E-state index < -0.39 is 0 Å². The van der Waals surface area contributed by atoms with Gasteiger partial charge in [-0.1, -0.05) is 35.9 Å². The van der Waals surface area contributed by atoms with E-state index in [1.165, 1.54) is 5.56 Å². The van der Waals surface area contributed by atoms with Crippen molar-refractivity contribution in [2.45, 2.75) is 18.9 Å². The summed E-state index contributed by atoms with van der Waals surface area (Å²) in [6.07, 6.45) is 1.35. The standard InChI is InChI=1S/C20H21ClN2O2.ClH/c21-17-3-1-2-15(12-17)18-13-22-7-8-23(18)20(24)11-14-4-5-19-16(10-14)6-9-25-19;/h1-5,10,12,18,22H,6-9,11,13H2;1H. The quantitative estimate of drug-likeness (QED) is 0.869. The highest BCUT2D eigenvalue weighted by Gasteiger charge is 2.28. The molecule has 1 unspecified atom stereocenters. The average Bonchev–Trinajstić information content (AvgIpc) is 3.09. The van der Waals surface area contributed by atoms with E-state index in [2.05, 4.69) is 11.4 Å². The molecule has 1 fully saturated rings. The molecule has 0 bridgehead atoms. The second-order valence-corrected chi connectivity index (χ2v) is 7.02. The molecule has 2 heterocycles. The van der Waals surface area contributed by atoms with Gasteiger partial charge in [0, 0.05) is 31.1 Å². The topological polar surface area (TPSA) is 41.6 Å². The summed E-state index contributed by atoms with van der Waals surface area (Å²) in [5.41, 5.74) is 3.34. The summed E-state index contributed by atoms with van der Waals surface area (Å²) in [5.74, 6) is 1.11. The number of hydrogen-bond donors (Lipinski definition) is 1. The molecule has 0 saturated carbocycles. The number of amides is 1. The number of piperazine rings is 1. The zero-order chi connectivity index (χ0) is 17.2. The van der Waals surface area contributed by atoms with Gasteiger partial charge in [-0.15, -0.1) is 12.4 Å². The first-order valence-electron chi connectivity index (χ1n) is 8.71. The van der Waals surface area contributed by atoms with E-state index >= 15 is 0 Å². The summed E-state index contributed by atoms with van der Waals surface area (Å²) in [6.45, 7) is 3.02. The molecule has 0 aromatic heterocycles. The minimum atomic E-state index is 0. The van der Waals surface area contributed by atoms with Crippen LogP contribution in [-0.4, -0.2) is 37.0 Å². The molecule has 26 heavy (non-hydrogen) atoms.